The second-order valence-corrected chi connectivity index (χ2v) is 3.92. The molecular weight excluding hydrogens is 212 g/mol. The fourth-order valence-corrected chi connectivity index (χ4v) is 1.35. The van der Waals surface area contributed by atoms with Gasteiger partial charge in [0.2, 0.25) is 0 Å². The molecule has 0 radical (unpaired) electrons. The largest absolute Gasteiger partial charge is 0.492 e. The standard InChI is InChI=1S/C14H20N2O/c1-3-5-13(15)7-6-12-9-14(11-16-10-12)17-8-4-2/h9-11,13H,3-5,8,15H2,1-2H3. The number of rotatable bonds is 5. The maximum Gasteiger partial charge on any atom is 0.138 e. The van der Waals surface area contributed by atoms with Gasteiger partial charge >= 0.3 is 0 Å². The summed E-state index contributed by atoms with van der Waals surface area (Å²) >= 11 is 0. The van der Waals surface area contributed by atoms with E-state index in [9.17, 15) is 0 Å². The van der Waals surface area contributed by atoms with Gasteiger partial charge in [0.05, 0.1) is 18.8 Å². The highest BCUT2D eigenvalue weighted by Gasteiger charge is 1.96. The Balaban J connectivity index is 2.64. The minimum absolute atomic E-state index is 0.0554. The van der Waals surface area contributed by atoms with Gasteiger partial charge in [-0.05, 0) is 18.9 Å². The van der Waals surface area contributed by atoms with Crippen molar-refractivity contribution in [3.8, 4) is 17.6 Å². The maximum absolute atomic E-state index is 5.83. The van der Waals surface area contributed by atoms with Crippen molar-refractivity contribution >= 4 is 0 Å². The molecule has 1 unspecified atom stereocenters. The van der Waals surface area contributed by atoms with Crippen molar-refractivity contribution in [1.82, 2.24) is 4.98 Å². The van der Waals surface area contributed by atoms with E-state index >= 15 is 0 Å². The van der Waals surface area contributed by atoms with E-state index in [1.54, 1.807) is 12.4 Å². The first-order chi connectivity index (χ1) is 8.26. The molecule has 1 aromatic heterocycles. The molecule has 0 bridgehead atoms. The third kappa shape index (κ3) is 5.37. The van der Waals surface area contributed by atoms with Crippen LogP contribution in [0.4, 0.5) is 0 Å². The molecule has 0 fully saturated rings. The Morgan fingerprint density at radius 1 is 1.35 bits per heavy atom. The minimum atomic E-state index is -0.0554. The van der Waals surface area contributed by atoms with Crippen LogP contribution in [0.1, 0.15) is 38.7 Å². The molecule has 0 saturated carbocycles. The van der Waals surface area contributed by atoms with Gasteiger partial charge < -0.3 is 10.5 Å². The SMILES string of the molecule is CCCOc1cncc(C#CC(N)CCC)c1. The quantitative estimate of drug-likeness (QED) is 0.793. The van der Waals surface area contributed by atoms with E-state index in [4.69, 9.17) is 10.5 Å². The molecule has 0 aromatic carbocycles. The monoisotopic (exact) mass is 232 g/mol. The van der Waals surface area contributed by atoms with E-state index in [1.165, 1.54) is 0 Å². The van der Waals surface area contributed by atoms with Gasteiger partial charge in [0.25, 0.3) is 0 Å². The number of ether oxygens (including phenoxy) is 1. The van der Waals surface area contributed by atoms with Gasteiger partial charge in [0.15, 0.2) is 0 Å². The van der Waals surface area contributed by atoms with Crippen molar-refractivity contribution in [3.63, 3.8) is 0 Å². The van der Waals surface area contributed by atoms with Crippen LogP contribution < -0.4 is 10.5 Å². The van der Waals surface area contributed by atoms with Crippen LogP contribution in [0, 0.1) is 11.8 Å². The van der Waals surface area contributed by atoms with E-state index in [-0.39, 0.29) is 6.04 Å². The molecule has 92 valence electrons. The van der Waals surface area contributed by atoms with Crippen LogP contribution in [-0.4, -0.2) is 17.6 Å². The molecule has 0 aliphatic heterocycles. The lowest BCUT2D eigenvalue weighted by Crippen LogP contribution is -2.16. The molecule has 17 heavy (non-hydrogen) atoms. The van der Waals surface area contributed by atoms with Gasteiger partial charge in [-0.3, -0.25) is 4.98 Å². The summed E-state index contributed by atoms with van der Waals surface area (Å²) in [4.78, 5) is 4.09. The summed E-state index contributed by atoms with van der Waals surface area (Å²) in [5.74, 6) is 6.81. The second kappa shape index (κ2) is 7.70. The lowest BCUT2D eigenvalue weighted by atomic mass is 10.2. The van der Waals surface area contributed by atoms with Gasteiger partial charge in [-0.1, -0.05) is 32.1 Å². The van der Waals surface area contributed by atoms with E-state index in [0.717, 1.165) is 30.6 Å². The summed E-state index contributed by atoms with van der Waals surface area (Å²) in [5, 5.41) is 0. The topological polar surface area (TPSA) is 48.1 Å². The average Bonchev–Trinajstić information content (AvgIpc) is 2.35. The first-order valence-corrected chi connectivity index (χ1v) is 6.11. The molecule has 2 N–H and O–H groups in total. The molecule has 3 heteroatoms. The lowest BCUT2D eigenvalue weighted by Gasteiger charge is -2.03. The zero-order valence-corrected chi connectivity index (χ0v) is 10.6. The van der Waals surface area contributed by atoms with Crippen molar-refractivity contribution in [2.75, 3.05) is 6.61 Å². The molecule has 0 aliphatic rings. The summed E-state index contributed by atoms with van der Waals surface area (Å²) in [6.07, 6.45) is 6.38. The normalized spacial score (nSPS) is 11.5. The van der Waals surface area contributed by atoms with E-state index in [1.807, 2.05) is 6.07 Å². The Hall–Kier alpha value is -1.53. The lowest BCUT2D eigenvalue weighted by molar-refractivity contribution is 0.316. The third-order valence-electron chi connectivity index (χ3n) is 2.19. The van der Waals surface area contributed by atoms with E-state index < -0.39 is 0 Å². The van der Waals surface area contributed by atoms with Crippen LogP contribution in [0.5, 0.6) is 5.75 Å². The maximum atomic E-state index is 5.83. The summed E-state index contributed by atoms with van der Waals surface area (Å²) in [7, 11) is 0. The zero-order chi connectivity index (χ0) is 12.5. The summed E-state index contributed by atoms with van der Waals surface area (Å²) in [5.41, 5.74) is 6.68. The van der Waals surface area contributed by atoms with Gasteiger partial charge in [-0.15, -0.1) is 0 Å². The van der Waals surface area contributed by atoms with Crippen LogP contribution in [0.3, 0.4) is 0 Å². The van der Waals surface area contributed by atoms with Gasteiger partial charge in [-0.25, -0.2) is 0 Å². The first kappa shape index (κ1) is 13.5. The highest BCUT2D eigenvalue weighted by atomic mass is 16.5. The summed E-state index contributed by atoms with van der Waals surface area (Å²) in [6, 6.07) is 1.84. The minimum Gasteiger partial charge on any atom is -0.492 e. The summed E-state index contributed by atoms with van der Waals surface area (Å²) < 4.78 is 5.49. The Morgan fingerprint density at radius 2 is 2.18 bits per heavy atom. The molecule has 0 spiro atoms. The predicted molar refractivity (Wildman–Crippen MR) is 69.8 cm³/mol. The smallest absolute Gasteiger partial charge is 0.138 e. The van der Waals surface area contributed by atoms with Crippen LogP contribution in [0.2, 0.25) is 0 Å². The van der Waals surface area contributed by atoms with E-state index in [2.05, 4.69) is 30.7 Å². The Labute approximate surface area is 103 Å². The average molecular weight is 232 g/mol. The Bertz CT molecular complexity index is 393. The number of pyridine rings is 1. The number of nitrogens with zero attached hydrogens (tertiary/aromatic N) is 1. The van der Waals surface area contributed by atoms with Crippen molar-refractivity contribution in [2.24, 2.45) is 5.73 Å². The van der Waals surface area contributed by atoms with Gasteiger partial charge in [0.1, 0.15) is 5.75 Å². The van der Waals surface area contributed by atoms with Crippen LogP contribution in [-0.2, 0) is 0 Å². The zero-order valence-electron chi connectivity index (χ0n) is 10.6. The third-order valence-corrected chi connectivity index (χ3v) is 2.19. The predicted octanol–water partition coefficient (Wildman–Crippen LogP) is 2.35. The van der Waals surface area contributed by atoms with Crippen molar-refractivity contribution in [1.29, 1.82) is 0 Å². The van der Waals surface area contributed by atoms with Crippen LogP contribution in [0.25, 0.3) is 0 Å². The Kier molecular flexibility index (Phi) is 6.13. The number of aromatic nitrogens is 1. The van der Waals surface area contributed by atoms with Crippen LogP contribution in [0.15, 0.2) is 18.5 Å². The van der Waals surface area contributed by atoms with Gasteiger partial charge in [0, 0.05) is 11.8 Å². The summed E-state index contributed by atoms with van der Waals surface area (Å²) in [6.45, 7) is 4.87. The van der Waals surface area contributed by atoms with Crippen LogP contribution >= 0.6 is 0 Å². The molecular formula is C14H20N2O. The Morgan fingerprint density at radius 3 is 2.88 bits per heavy atom. The molecule has 1 aromatic rings. The van der Waals surface area contributed by atoms with Crippen molar-refractivity contribution in [2.45, 2.75) is 39.2 Å². The molecule has 0 aliphatic carbocycles. The highest BCUT2D eigenvalue weighted by Crippen LogP contribution is 2.10. The molecule has 0 amide bonds. The molecule has 1 heterocycles. The van der Waals surface area contributed by atoms with E-state index in [0.29, 0.717) is 6.61 Å². The number of hydrogen-bond donors (Lipinski definition) is 1. The number of nitrogens with two attached hydrogens (primary N) is 1. The second-order valence-electron chi connectivity index (χ2n) is 3.92. The molecule has 3 nitrogen and oxygen atoms in total. The highest BCUT2D eigenvalue weighted by molar-refractivity contribution is 5.37. The molecule has 0 saturated heterocycles. The number of hydrogen-bond acceptors (Lipinski definition) is 3. The fraction of sp³-hybridized carbons (Fsp3) is 0.500. The first-order valence-electron chi connectivity index (χ1n) is 6.11. The molecule has 1 atom stereocenters. The van der Waals surface area contributed by atoms with Crippen molar-refractivity contribution < 1.29 is 4.74 Å². The molecule has 1 rings (SSSR count). The van der Waals surface area contributed by atoms with Gasteiger partial charge in [-0.2, -0.15) is 0 Å². The fourth-order valence-electron chi connectivity index (χ4n) is 1.35. The van der Waals surface area contributed by atoms with Crippen molar-refractivity contribution in [3.05, 3.63) is 24.0 Å².